The predicted molar refractivity (Wildman–Crippen MR) is 95.1 cm³/mol. The Morgan fingerprint density at radius 3 is 2.67 bits per heavy atom. The summed E-state index contributed by atoms with van der Waals surface area (Å²) in [6, 6.07) is 4.94. The van der Waals surface area contributed by atoms with Gasteiger partial charge < -0.3 is 10.2 Å². The number of hydrogen-bond acceptors (Lipinski definition) is 4. The Balaban J connectivity index is 0.00000208. The second-order valence-electron chi connectivity index (χ2n) is 6.42. The first kappa shape index (κ1) is 19.2. The lowest BCUT2D eigenvalue weighted by atomic mass is 10.1. The molecule has 1 amide bonds. The van der Waals surface area contributed by atoms with Gasteiger partial charge in [0, 0.05) is 37.3 Å². The lowest BCUT2D eigenvalue weighted by Gasteiger charge is -2.34. The van der Waals surface area contributed by atoms with Crippen molar-refractivity contribution in [1.29, 1.82) is 0 Å². The molecule has 1 atom stereocenters. The molecular weight excluding hydrogens is 350 g/mol. The highest BCUT2D eigenvalue weighted by Gasteiger charge is 2.30. The Kier molecular flexibility index (Phi) is 5.91. The van der Waals surface area contributed by atoms with Crippen molar-refractivity contribution in [2.75, 3.05) is 19.6 Å². The fraction of sp³-hybridized carbons (Fsp3) is 0.562. The Bertz CT molecular complexity index is 719. The number of hydrogen-bond donors (Lipinski definition) is 2. The van der Waals surface area contributed by atoms with Crippen LogP contribution in [0.25, 0.3) is 0 Å². The monoisotopic (exact) mass is 373 g/mol. The molecule has 1 heterocycles. The molecule has 0 spiro atoms. The lowest BCUT2D eigenvalue weighted by Crippen LogP contribution is -2.52. The Morgan fingerprint density at radius 2 is 2.04 bits per heavy atom. The van der Waals surface area contributed by atoms with E-state index in [1.54, 1.807) is 12.1 Å². The number of aryl methyl sites for hydroxylation is 1. The summed E-state index contributed by atoms with van der Waals surface area (Å²) < 4.78 is 27.4. The maximum atomic E-state index is 12.8. The predicted octanol–water partition coefficient (Wildman–Crippen LogP) is 1.29. The van der Waals surface area contributed by atoms with Crippen LogP contribution in [0.15, 0.2) is 23.1 Å². The third-order valence-corrected chi connectivity index (χ3v) is 5.93. The van der Waals surface area contributed by atoms with Gasteiger partial charge in [-0.05, 0) is 44.4 Å². The zero-order valence-corrected chi connectivity index (χ0v) is 15.5. The molecule has 0 bridgehead atoms. The van der Waals surface area contributed by atoms with Crippen LogP contribution in [0.5, 0.6) is 0 Å². The summed E-state index contributed by atoms with van der Waals surface area (Å²) in [6.45, 7) is 5.98. The average Bonchev–Trinajstić information content (AvgIpc) is 3.30. The van der Waals surface area contributed by atoms with Gasteiger partial charge in [-0.25, -0.2) is 13.1 Å². The first-order valence-corrected chi connectivity index (χ1v) is 9.51. The van der Waals surface area contributed by atoms with Gasteiger partial charge in [0.1, 0.15) is 0 Å². The number of piperazine rings is 1. The van der Waals surface area contributed by atoms with E-state index in [2.05, 4.69) is 10.0 Å². The van der Waals surface area contributed by atoms with Gasteiger partial charge in [-0.1, -0.05) is 6.07 Å². The molecule has 2 fully saturated rings. The minimum absolute atomic E-state index is 0. The average molecular weight is 374 g/mol. The maximum absolute atomic E-state index is 12.8. The van der Waals surface area contributed by atoms with E-state index >= 15 is 0 Å². The van der Waals surface area contributed by atoms with Gasteiger partial charge in [0.05, 0.1) is 4.90 Å². The zero-order valence-electron chi connectivity index (χ0n) is 13.9. The number of benzene rings is 1. The van der Waals surface area contributed by atoms with Crippen LogP contribution in [0.1, 0.15) is 35.7 Å². The van der Waals surface area contributed by atoms with Crippen LogP contribution in [-0.4, -0.2) is 50.9 Å². The van der Waals surface area contributed by atoms with E-state index in [1.807, 2.05) is 18.7 Å². The molecule has 2 aliphatic rings. The second kappa shape index (κ2) is 7.39. The van der Waals surface area contributed by atoms with Gasteiger partial charge in [0.15, 0.2) is 0 Å². The van der Waals surface area contributed by atoms with Crippen LogP contribution in [0.4, 0.5) is 0 Å². The summed E-state index contributed by atoms with van der Waals surface area (Å²) >= 11 is 0. The van der Waals surface area contributed by atoms with Crippen LogP contribution >= 0.6 is 12.4 Å². The van der Waals surface area contributed by atoms with E-state index in [4.69, 9.17) is 0 Å². The summed E-state index contributed by atoms with van der Waals surface area (Å²) in [5.74, 6) is -0.0972. The van der Waals surface area contributed by atoms with Crippen molar-refractivity contribution < 1.29 is 13.2 Å². The first-order chi connectivity index (χ1) is 10.9. The van der Waals surface area contributed by atoms with Crippen LogP contribution < -0.4 is 10.0 Å². The highest BCUT2D eigenvalue weighted by molar-refractivity contribution is 7.89. The Hall–Kier alpha value is -1.15. The fourth-order valence-corrected chi connectivity index (χ4v) is 4.12. The van der Waals surface area contributed by atoms with Gasteiger partial charge >= 0.3 is 0 Å². The number of carbonyl (C=O) groups excluding carboxylic acids is 1. The standard InChI is InChI=1S/C16H23N3O3S.ClH/c1-11-3-6-14(23(21,22)18-13-4-5-13)9-15(11)16(20)19-8-7-17-10-12(19)2;/h3,6,9,12-13,17-18H,4-5,7-8,10H2,1-2H3;1H/t12-;/m0./s1. The topological polar surface area (TPSA) is 78.5 Å². The first-order valence-electron chi connectivity index (χ1n) is 8.03. The van der Waals surface area contributed by atoms with Gasteiger partial charge in [0.25, 0.3) is 5.91 Å². The molecule has 3 rings (SSSR count). The third-order valence-electron chi connectivity index (χ3n) is 4.41. The Labute approximate surface area is 149 Å². The normalized spacial score (nSPS) is 21.2. The molecule has 1 aromatic carbocycles. The number of nitrogens with one attached hydrogen (secondary N) is 2. The smallest absolute Gasteiger partial charge is 0.254 e. The van der Waals surface area contributed by atoms with E-state index in [9.17, 15) is 13.2 Å². The van der Waals surface area contributed by atoms with Crippen LogP contribution in [0.2, 0.25) is 0 Å². The number of amides is 1. The largest absolute Gasteiger partial charge is 0.333 e. The SMILES string of the molecule is Cc1ccc(S(=O)(=O)NC2CC2)cc1C(=O)N1CCNC[C@@H]1C.Cl. The van der Waals surface area contributed by atoms with Gasteiger partial charge in [0.2, 0.25) is 10.0 Å². The lowest BCUT2D eigenvalue weighted by molar-refractivity contribution is 0.0654. The number of carbonyl (C=O) groups is 1. The number of sulfonamides is 1. The van der Waals surface area contributed by atoms with Crippen molar-refractivity contribution in [2.24, 2.45) is 0 Å². The number of halogens is 1. The quantitative estimate of drug-likeness (QED) is 0.833. The molecule has 1 aromatic rings. The molecule has 1 aliphatic carbocycles. The molecule has 0 radical (unpaired) electrons. The molecule has 8 heteroatoms. The number of rotatable bonds is 4. The van der Waals surface area contributed by atoms with Crippen molar-refractivity contribution in [3.8, 4) is 0 Å². The minimum Gasteiger partial charge on any atom is -0.333 e. The summed E-state index contributed by atoms with van der Waals surface area (Å²) in [7, 11) is -3.55. The molecule has 1 saturated heterocycles. The summed E-state index contributed by atoms with van der Waals surface area (Å²) in [5, 5.41) is 3.25. The molecule has 1 saturated carbocycles. The number of nitrogens with zero attached hydrogens (tertiary/aromatic N) is 1. The molecular formula is C16H24ClN3O3S. The summed E-state index contributed by atoms with van der Waals surface area (Å²) in [4.78, 5) is 14.8. The molecule has 1 aliphatic heterocycles. The molecule has 2 N–H and O–H groups in total. The van der Waals surface area contributed by atoms with Gasteiger partial charge in [-0.3, -0.25) is 4.79 Å². The zero-order chi connectivity index (χ0) is 16.6. The highest BCUT2D eigenvalue weighted by Crippen LogP contribution is 2.24. The van der Waals surface area contributed by atoms with Crippen LogP contribution in [0, 0.1) is 6.92 Å². The van der Waals surface area contributed by atoms with Gasteiger partial charge in [-0.2, -0.15) is 0 Å². The van der Waals surface area contributed by atoms with Crippen molar-refractivity contribution in [3.63, 3.8) is 0 Å². The molecule has 6 nitrogen and oxygen atoms in total. The summed E-state index contributed by atoms with van der Waals surface area (Å²) in [5.41, 5.74) is 1.27. The van der Waals surface area contributed by atoms with Crippen molar-refractivity contribution in [2.45, 2.75) is 43.7 Å². The fourth-order valence-electron chi connectivity index (χ4n) is 2.78. The van der Waals surface area contributed by atoms with Crippen molar-refractivity contribution in [1.82, 2.24) is 14.9 Å². The maximum Gasteiger partial charge on any atom is 0.254 e. The molecule has 24 heavy (non-hydrogen) atoms. The van der Waals surface area contributed by atoms with Crippen molar-refractivity contribution >= 4 is 28.3 Å². The van der Waals surface area contributed by atoms with E-state index < -0.39 is 10.0 Å². The molecule has 0 aromatic heterocycles. The van der Waals surface area contributed by atoms with E-state index in [1.165, 1.54) is 6.07 Å². The Morgan fingerprint density at radius 1 is 1.33 bits per heavy atom. The third kappa shape index (κ3) is 4.08. The molecule has 134 valence electrons. The van der Waals surface area contributed by atoms with E-state index in [0.29, 0.717) is 12.1 Å². The van der Waals surface area contributed by atoms with Gasteiger partial charge in [-0.15, -0.1) is 12.4 Å². The van der Waals surface area contributed by atoms with E-state index in [0.717, 1.165) is 31.5 Å². The molecule has 0 unspecified atom stereocenters. The van der Waals surface area contributed by atoms with Crippen LogP contribution in [0.3, 0.4) is 0 Å². The minimum atomic E-state index is -3.55. The van der Waals surface area contributed by atoms with E-state index in [-0.39, 0.29) is 35.3 Å². The van der Waals surface area contributed by atoms with Crippen LogP contribution in [-0.2, 0) is 10.0 Å². The summed E-state index contributed by atoms with van der Waals surface area (Å²) in [6.07, 6.45) is 1.77. The van der Waals surface area contributed by atoms with Crippen molar-refractivity contribution in [3.05, 3.63) is 29.3 Å². The highest BCUT2D eigenvalue weighted by atomic mass is 35.5. The second-order valence-corrected chi connectivity index (χ2v) is 8.14.